The summed E-state index contributed by atoms with van der Waals surface area (Å²) in [5, 5.41) is 3.47. The van der Waals surface area contributed by atoms with Gasteiger partial charge in [-0.1, -0.05) is 13.8 Å². The van der Waals surface area contributed by atoms with E-state index in [-0.39, 0.29) is 0 Å². The van der Waals surface area contributed by atoms with Crippen LogP contribution in [-0.4, -0.2) is 37.1 Å². The average molecular weight is 182 g/mol. The number of hydrogen-bond donors (Lipinski definition) is 1. The Bertz CT molecular complexity index is 185. The molecule has 0 spiro atoms. The molecule has 0 aromatic rings. The SMILES string of the molecule is CNC1CN(C2CC2)CCC1(C)C. The minimum atomic E-state index is 0.486. The number of piperidine rings is 1. The third-order valence-corrected chi connectivity index (χ3v) is 3.82. The molecule has 0 aromatic heterocycles. The van der Waals surface area contributed by atoms with E-state index >= 15 is 0 Å². The minimum absolute atomic E-state index is 0.486. The number of likely N-dealkylation sites (N-methyl/N-ethyl adjacent to an activating group) is 1. The molecular weight excluding hydrogens is 160 g/mol. The molecule has 0 aromatic carbocycles. The second kappa shape index (κ2) is 3.25. The smallest absolute Gasteiger partial charge is 0.0243 e. The Morgan fingerprint density at radius 3 is 2.54 bits per heavy atom. The van der Waals surface area contributed by atoms with Crippen molar-refractivity contribution >= 4 is 0 Å². The normalized spacial score (nSPS) is 34.8. The van der Waals surface area contributed by atoms with Crippen LogP contribution < -0.4 is 5.32 Å². The molecule has 1 unspecified atom stereocenters. The van der Waals surface area contributed by atoms with Crippen molar-refractivity contribution in [2.24, 2.45) is 5.41 Å². The van der Waals surface area contributed by atoms with Crippen LogP contribution in [0.5, 0.6) is 0 Å². The topological polar surface area (TPSA) is 15.3 Å². The van der Waals surface area contributed by atoms with Crippen molar-refractivity contribution in [1.29, 1.82) is 0 Å². The molecule has 2 aliphatic rings. The maximum absolute atomic E-state index is 3.47. The molecule has 1 atom stereocenters. The van der Waals surface area contributed by atoms with Gasteiger partial charge < -0.3 is 5.32 Å². The largest absolute Gasteiger partial charge is 0.315 e. The summed E-state index contributed by atoms with van der Waals surface area (Å²) < 4.78 is 0. The molecule has 1 aliphatic heterocycles. The van der Waals surface area contributed by atoms with Gasteiger partial charge in [0.25, 0.3) is 0 Å². The monoisotopic (exact) mass is 182 g/mol. The van der Waals surface area contributed by atoms with Gasteiger partial charge in [0.2, 0.25) is 0 Å². The number of hydrogen-bond acceptors (Lipinski definition) is 2. The van der Waals surface area contributed by atoms with E-state index in [2.05, 4.69) is 31.1 Å². The quantitative estimate of drug-likeness (QED) is 0.695. The second-order valence-corrected chi connectivity index (χ2v) is 5.31. The molecule has 1 saturated carbocycles. The zero-order chi connectivity index (χ0) is 9.47. The summed E-state index contributed by atoms with van der Waals surface area (Å²) in [4.78, 5) is 2.67. The highest BCUT2D eigenvalue weighted by molar-refractivity contribution is 4.96. The average Bonchev–Trinajstić information content (AvgIpc) is 2.87. The summed E-state index contributed by atoms with van der Waals surface area (Å²) in [5.74, 6) is 0. The summed E-state index contributed by atoms with van der Waals surface area (Å²) in [6.07, 6.45) is 4.22. The van der Waals surface area contributed by atoms with Crippen molar-refractivity contribution in [2.45, 2.75) is 45.2 Å². The molecule has 1 aliphatic carbocycles. The molecule has 1 heterocycles. The number of nitrogens with zero attached hydrogens (tertiary/aromatic N) is 1. The Balaban J connectivity index is 1.96. The molecule has 1 N–H and O–H groups in total. The van der Waals surface area contributed by atoms with Crippen LogP contribution in [0.3, 0.4) is 0 Å². The molecular formula is C11H22N2. The minimum Gasteiger partial charge on any atom is -0.315 e. The highest BCUT2D eigenvalue weighted by Crippen LogP contribution is 2.35. The molecule has 1 saturated heterocycles. The van der Waals surface area contributed by atoms with Crippen molar-refractivity contribution in [3.05, 3.63) is 0 Å². The fraction of sp³-hybridized carbons (Fsp3) is 1.00. The predicted molar refractivity (Wildman–Crippen MR) is 55.8 cm³/mol. The first-order valence-electron chi connectivity index (χ1n) is 5.55. The van der Waals surface area contributed by atoms with E-state index in [0.29, 0.717) is 11.5 Å². The van der Waals surface area contributed by atoms with E-state index < -0.39 is 0 Å². The Hall–Kier alpha value is -0.0800. The summed E-state index contributed by atoms with van der Waals surface area (Å²) >= 11 is 0. The summed E-state index contributed by atoms with van der Waals surface area (Å²) in [6.45, 7) is 7.35. The lowest BCUT2D eigenvalue weighted by Crippen LogP contribution is -2.54. The Morgan fingerprint density at radius 1 is 1.31 bits per heavy atom. The van der Waals surface area contributed by atoms with Crippen LogP contribution in [0, 0.1) is 5.41 Å². The van der Waals surface area contributed by atoms with Gasteiger partial charge in [0.05, 0.1) is 0 Å². The lowest BCUT2D eigenvalue weighted by molar-refractivity contribution is 0.0847. The maximum atomic E-state index is 3.47. The molecule has 0 amide bonds. The zero-order valence-corrected chi connectivity index (χ0v) is 9.14. The summed E-state index contributed by atoms with van der Waals surface area (Å²) in [7, 11) is 2.10. The van der Waals surface area contributed by atoms with Crippen LogP contribution in [0.4, 0.5) is 0 Å². The van der Waals surface area contributed by atoms with Gasteiger partial charge in [-0.05, 0) is 38.3 Å². The lowest BCUT2D eigenvalue weighted by Gasteiger charge is -2.44. The van der Waals surface area contributed by atoms with Crippen LogP contribution in [0.1, 0.15) is 33.1 Å². The van der Waals surface area contributed by atoms with Crippen molar-refractivity contribution in [1.82, 2.24) is 10.2 Å². The molecule has 0 bridgehead atoms. The van der Waals surface area contributed by atoms with Crippen LogP contribution in [0.2, 0.25) is 0 Å². The first-order chi connectivity index (χ1) is 6.13. The first-order valence-corrected chi connectivity index (χ1v) is 5.55. The molecule has 13 heavy (non-hydrogen) atoms. The van der Waals surface area contributed by atoms with Crippen molar-refractivity contribution in [3.63, 3.8) is 0 Å². The highest BCUT2D eigenvalue weighted by Gasteiger charge is 2.39. The van der Waals surface area contributed by atoms with Gasteiger partial charge in [-0.2, -0.15) is 0 Å². The van der Waals surface area contributed by atoms with Gasteiger partial charge >= 0.3 is 0 Å². The molecule has 0 radical (unpaired) electrons. The van der Waals surface area contributed by atoms with E-state index in [9.17, 15) is 0 Å². The number of likely N-dealkylation sites (tertiary alicyclic amines) is 1. The number of rotatable bonds is 2. The van der Waals surface area contributed by atoms with E-state index in [0.717, 1.165) is 6.04 Å². The van der Waals surface area contributed by atoms with E-state index in [1.54, 1.807) is 0 Å². The van der Waals surface area contributed by atoms with Gasteiger partial charge in [0, 0.05) is 18.6 Å². The Labute approximate surface area is 81.7 Å². The van der Waals surface area contributed by atoms with Gasteiger partial charge in [-0.3, -0.25) is 4.90 Å². The van der Waals surface area contributed by atoms with E-state index in [1.165, 1.54) is 32.4 Å². The summed E-state index contributed by atoms with van der Waals surface area (Å²) in [6, 6.07) is 1.62. The van der Waals surface area contributed by atoms with E-state index in [4.69, 9.17) is 0 Å². The molecule has 2 fully saturated rings. The molecule has 2 rings (SSSR count). The van der Waals surface area contributed by atoms with Gasteiger partial charge in [-0.25, -0.2) is 0 Å². The highest BCUT2D eigenvalue weighted by atomic mass is 15.2. The van der Waals surface area contributed by atoms with Crippen LogP contribution in [-0.2, 0) is 0 Å². The van der Waals surface area contributed by atoms with Crippen LogP contribution in [0.25, 0.3) is 0 Å². The van der Waals surface area contributed by atoms with Crippen LogP contribution >= 0.6 is 0 Å². The summed E-state index contributed by atoms with van der Waals surface area (Å²) in [5.41, 5.74) is 0.486. The van der Waals surface area contributed by atoms with Crippen LogP contribution in [0.15, 0.2) is 0 Å². The lowest BCUT2D eigenvalue weighted by atomic mass is 9.78. The van der Waals surface area contributed by atoms with Crippen molar-refractivity contribution in [3.8, 4) is 0 Å². The molecule has 2 nitrogen and oxygen atoms in total. The van der Waals surface area contributed by atoms with Crippen molar-refractivity contribution < 1.29 is 0 Å². The first kappa shape index (κ1) is 9.47. The number of nitrogens with one attached hydrogen (secondary N) is 1. The van der Waals surface area contributed by atoms with Gasteiger partial charge in [-0.15, -0.1) is 0 Å². The third-order valence-electron chi connectivity index (χ3n) is 3.82. The third kappa shape index (κ3) is 1.89. The van der Waals surface area contributed by atoms with E-state index in [1.807, 2.05) is 0 Å². The fourth-order valence-corrected chi connectivity index (χ4v) is 2.43. The molecule has 76 valence electrons. The maximum Gasteiger partial charge on any atom is 0.0243 e. The van der Waals surface area contributed by atoms with Gasteiger partial charge in [0.1, 0.15) is 0 Å². The Morgan fingerprint density at radius 2 is 2.00 bits per heavy atom. The standard InChI is InChI=1S/C11H22N2/c1-11(2)6-7-13(9-4-5-9)8-10(11)12-3/h9-10,12H,4-8H2,1-3H3. The second-order valence-electron chi connectivity index (χ2n) is 5.31. The van der Waals surface area contributed by atoms with Crippen molar-refractivity contribution in [2.75, 3.05) is 20.1 Å². The van der Waals surface area contributed by atoms with Gasteiger partial charge in [0.15, 0.2) is 0 Å². The molecule has 2 heteroatoms. The Kier molecular flexibility index (Phi) is 2.37. The fourth-order valence-electron chi connectivity index (χ4n) is 2.43. The predicted octanol–water partition coefficient (Wildman–Crippen LogP) is 1.47. The zero-order valence-electron chi connectivity index (χ0n) is 9.14.